The largest absolute Gasteiger partial charge is 0.255 e. The lowest BCUT2D eigenvalue weighted by atomic mass is 10.3. The molecular formula is C15H12N4O2S. The number of nitrogens with two attached hydrogens (primary N) is 1. The van der Waals surface area contributed by atoms with Gasteiger partial charge in [-0.15, -0.1) is 0 Å². The Labute approximate surface area is 127 Å². The summed E-state index contributed by atoms with van der Waals surface area (Å²) < 4.78 is 22.3. The maximum absolute atomic E-state index is 11.2. The van der Waals surface area contributed by atoms with Crippen LogP contribution in [0.15, 0.2) is 64.6 Å². The van der Waals surface area contributed by atoms with Crippen LogP contribution in [0.1, 0.15) is 5.69 Å². The molecule has 0 atom stereocenters. The van der Waals surface area contributed by atoms with Crippen LogP contribution in [0.5, 0.6) is 0 Å². The highest BCUT2D eigenvalue weighted by Gasteiger charge is 2.06. The lowest BCUT2D eigenvalue weighted by Crippen LogP contribution is -2.11. The van der Waals surface area contributed by atoms with Crippen molar-refractivity contribution in [2.75, 3.05) is 0 Å². The van der Waals surface area contributed by atoms with Gasteiger partial charge >= 0.3 is 0 Å². The summed E-state index contributed by atoms with van der Waals surface area (Å²) in [6.07, 6.45) is 3.20. The number of aliphatic imine (C=N–C) groups is 1. The van der Waals surface area contributed by atoms with Crippen LogP contribution in [0.2, 0.25) is 0 Å². The van der Waals surface area contributed by atoms with Crippen molar-refractivity contribution in [1.29, 1.82) is 0 Å². The first-order chi connectivity index (χ1) is 10.5. The Morgan fingerprint density at radius 2 is 1.68 bits per heavy atom. The van der Waals surface area contributed by atoms with Gasteiger partial charge in [-0.1, -0.05) is 12.1 Å². The summed E-state index contributed by atoms with van der Waals surface area (Å²) in [5, 5.41) is 5.04. The lowest BCUT2D eigenvalue weighted by molar-refractivity contribution is 0.598. The fourth-order valence-electron chi connectivity index (χ4n) is 1.90. The van der Waals surface area contributed by atoms with Crippen LogP contribution in [0.3, 0.4) is 0 Å². The molecule has 1 aromatic heterocycles. The number of primary sulfonamides is 1. The van der Waals surface area contributed by atoms with E-state index in [1.54, 1.807) is 24.5 Å². The summed E-state index contributed by atoms with van der Waals surface area (Å²) in [6, 6.07) is 13.5. The van der Waals surface area contributed by atoms with Crippen LogP contribution in [0.25, 0.3) is 11.0 Å². The molecule has 0 amide bonds. The number of nitrogens with zero attached hydrogens (tertiary/aromatic N) is 3. The van der Waals surface area contributed by atoms with Crippen molar-refractivity contribution >= 4 is 33.0 Å². The summed E-state index contributed by atoms with van der Waals surface area (Å²) in [7, 11) is -3.69. The van der Waals surface area contributed by atoms with Gasteiger partial charge in [-0.3, -0.25) is 9.98 Å². The summed E-state index contributed by atoms with van der Waals surface area (Å²) in [5.41, 5.74) is 2.82. The summed E-state index contributed by atoms with van der Waals surface area (Å²) in [6.45, 7) is 0. The predicted molar refractivity (Wildman–Crippen MR) is 84.6 cm³/mol. The topological polar surface area (TPSA) is 98.3 Å². The zero-order valence-corrected chi connectivity index (χ0v) is 12.2. The van der Waals surface area contributed by atoms with E-state index in [1.165, 1.54) is 12.1 Å². The van der Waals surface area contributed by atoms with E-state index in [4.69, 9.17) is 5.14 Å². The SMILES string of the molecule is NS(=O)(=O)c1ccc(N=Cc2cnc3ccccc3n2)cc1. The second-order valence-corrected chi connectivity index (χ2v) is 6.14. The van der Waals surface area contributed by atoms with Crippen LogP contribution in [0.4, 0.5) is 5.69 Å². The summed E-state index contributed by atoms with van der Waals surface area (Å²) in [4.78, 5) is 13.0. The van der Waals surface area contributed by atoms with Crippen LogP contribution in [0, 0.1) is 0 Å². The smallest absolute Gasteiger partial charge is 0.238 e. The number of hydrogen-bond acceptors (Lipinski definition) is 5. The van der Waals surface area contributed by atoms with E-state index >= 15 is 0 Å². The van der Waals surface area contributed by atoms with Crippen LogP contribution in [-0.4, -0.2) is 24.6 Å². The number of sulfonamides is 1. The first-order valence-corrected chi connectivity index (χ1v) is 7.96. The molecule has 7 heteroatoms. The predicted octanol–water partition coefficient (Wildman–Crippen LogP) is 2.03. The zero-order valence-electron chi connectivity index (χ0n) is 11.4. The van der Waals surface area contributed by atoms with Crippen LogP contribution >= 0.6 is 0 Å². The Hall–Kier alpha value is -2.64. The van der Waals surface area contributed by atoms with E-state index in [-0.39, 0.29) is 4.90 Å². The molecule has 0 saturated heterocycles. The Kier molecular flexibility index (Phi) is 3.66. The quantitative estimate of drug-likeness (QED) is 0.748. The normalized spacial score (nSPS) is 12.0. The maximum atomic E-state index is 11.2. The van der Waals surface area contributed by atoms with Crippen molar-refractivity contribution in [2.24, 2.45) is 10.1 Å². The Morgan fingerprint density at radius 1 is 1.00 bits per heavy atom. The highest BCUT2D eigenvalue weighted by atomic mass is 32.2. The minimum atomic E-state index is -3.69. The Bertz CT molecular complexity index is 951. The molecule has 3 aromatic rings. The fourth-order valence-corrected chi connectivity index (χ4v) is 2.41. The minimum absolute atomic E-state index is 0.0527. The van der Waals surface area contributed by atoms with Gasteiger partial charge in [0.25, 0.3) is 0 Å². The van der Waals surface area contributed by atoms with Gasteiger partial charge in [-0.2, -0.15) is 0 Å². The molecule has 2 aromatic carbocycles. The number of para-hydroxylation sites is 2. The molecule has 0 aliphatic carbocycles. The number of fused-ring (bicyclic) bond motifs is 1. The van der Waals surface area contributed by atoms with E-state index in [2.05, 4.69) is 15.0 Å². The number of hydrogen-bond donors (Lipinski definition) is 1. The molecule has 0 radical (unpaired) electrons. The van der Waals surface area contributed by atoms with E-state index < -0.39 is 10.0 Å². The van der Waals surface area contributed by atoms with Crippen LogP contribution < -0.4 is 5.14 Å². The molecular weight excluding hydrogens is 300 g/mol. The van der Waals surface area contributed by atoms with Gasteiger partial charge in [-0.05, 0) is 36.4 Å². The zero-order chi connectivity index (χ0) is 15.6. The molecule has 110 valence electrons. The minimum Gasteiger partial charge on any atom is -0.255 e. The molecule has 0 bridgehead atoms. The highest BCUT2D eigenvalue weighted by molar-refractivity contribution is 7.89. The van der Waals surface area contributed by atoms with Crippen molar-refractivity contribution in [3.05, 3.63) is 60.4 Å². The second-order valence-electron chi connectivity index (χ2n) is 4.58. The molecule has 2 N–H and O–H groups in total. The third-order valence-electron chi connectivity index (χ3n) is 2.98. The van der Waals surface area contributed by atoms with Gasteiger partial charge in [-0.25, -0.2) is 18.5 Å². The molecule has 0 aliphatic heterocycles. The van der Waals surface area contributed by atoms with Gasteiger partial charge < -0.3 is 0 Å². The third-order valence-corrected chi connectivity index (χ3v) is 3.91. The van der Waals surface area contributed by atoms with Gasteiger partial charge in [0.15, 0.2) is 0 Å². The van der Waals surface area contributed by atoms with E-state index in [0.717, 1.165) is 11.0 Å². The van der Waals surface area contributed by atoms with Crippen molar-refractivity contribution < 1.29 is 8.42 Å². The van der Waals surface area contributed by atoms with Crippen molar-refractivity contribution in [3.8, 4) is 0 Å². The number of aromatic nitrogens is 2. The monoisotopic (exact) mass is 312 g/mol. The Morgan fingerprint density at radius 3 is 2.36 bits per heavy atom. The highest BCUT2D eigenvalue weighted by Crippen LogP contribution is 2.15. The first kappa shape index (κ1) is 14.3. The van der Waals surface area contributed by atoms with Gasteiger partial charge in [0.05, 0.1) is 34.0 Å². The van der Waals surface area contributed by atoms with Gasteiger partial charge in [0.1, 0.15) is 5.69 Å². The molecule has 0 unspecified atom stereocenters. The molecule has 0 spiro atoms. The molecule has 3 rings (SSSR count). The molecule has 22 heavy (non-hydrogen) atoms. The van der Waals surface area contributed by atoms with E-state index in [9.17, 15) is 8.42 Å². The maximum Gasteiger partial charge on any atom is 0.238 e. The number of rotatable bonds is 3. The fraction of sp³-hybridized carbons (Fsp3) is 0. The first-order valence-electron chi connectivity index (χ1n) is 6.41. The molecule has 0 fully saturated rings. The lowest BCUT2D eigenvalue weighted by Gasteiger charge is -1.99. The third kappa shape index (κ3) is 3.16. The van der Waals surface area contributed by atoms with E-state index in [0.29, 0.717) is 11.4 Å². The van der Waals surface area contributed by atoms with Crippen LogP contribution in [-0.2, 0) is 10.0 Å². The summed E-state index contributed by atoms with van der Waals surface area (Å²) >= 11 is 0. The van der Waals surface area contributed by atoms with Crippen molar-refractivity contribution in [3.63, 3.8) is 0 Å². The molecule has 0 aliphatic rings. The second kappa shape index (κ2) is 5.63. The average Bonchev–Trinajstić information content (AvgIpc) is 2.52. The molecule has 6 nitrogen and oxygen atoms in total. The Balaban J connectivity index is 1.86. The van der Waals surface area contributed by atoms with Gasteiger partial charge in [0.2, 0.25) is 10.0 Å². The number of benzene rings is 2. The molecule has 1 heterocycles. The van der Waals surface area contributed by atoms with Crippen molar-refractivity contribution in [2.45, 2.75) is 4.90 Å². The molecule has 0 saturated carbocycles. The average molecular weight is 312 g/mol. The van der Waals surface area contributed by atoms with Gasteiger partial charge in [0, 0.05) is 0 Å². The summed E-state index contributed by atoms with van der Waals surface area (Å²) in [5.74, 6) is 0. The standard InChI is InChI=1S/C15H12N4O2S/c16-22(20,21)13-7-5-11(6-8-13)17-9-12-10-18-14-3-1-2-4-15(14)19-12/h1-10H,(H2,16,20,21). The van der Waals surface area contributed by atoms with E-state index in [1.807, 2.05) is 24.3 Å². The van der Waals surface area contributed by atoms with Crippen molar-refractivity contribution in [1.82, 2.24) is 9.97 Å².